The van der Waals surface area contributed by atoms with Gasteiger partial charge in [0.2, 0.25) is 0 Å². The van der Waals surface area contributed by atoms with Gasteiger partial charge >= 0.3 is 0 Å². The lowest BCUT2D eigenvalue weighted by Crippen LogP contribution is -2.21. The van der Waals surface area contributed by atoms with Crippen molar-refractivity contribution in [3.8, 4) is 5.75 Å². The molecular formula is C16H18N2O. The van der Waals surface area contributed by atoms with Crippen LogP contribution in [0.1, 0.15) is 29.2 Å². The van der Waals surface area contributed by atoms with Crippen LogP contribution in [-0.2, 0) is 12.8 Å². The molecule has 3 nitrogen and oxygen atoms in total. The molecule has 1 heterocycles. The predicted octanol–water partition coefficient (Wildman–Crippen LogP) is 2.61. The molecule has 3 rings (SSSR count). The van der Waals surface area contributed by atoms with Crippen molar-refractivity contribution in [2.24, 2.45) is 0 Å². The number of aryl methyl sites for hydroxylation is 1. The summed E-state index contributed by atoms with van der Waals surface area (Å²) in [7, 11) is 0. The Morgan fingerprint density at radius 1 is 1.32 bits per heavy atom. The molecule has 1 aromatic heterocycles. The molecular weight excluding hydrogens is 236 g/mol. The lowest BCUT2D eigenvalue weighted by atomic mass is 10.1. The van der Waals surface area contributed by atoms with E-state index in [1.165, 1.54) is 16.7 Å². The van der Waals surface area contributed by atoms with Gasteiger partial charge < -0.3 is 10.4 Å². The van der Waals surface area contributed by atoms with Crippen molar-refractivity contribution in [1.29, 1.82) is 0 Å². The smallest absolute Gasteiger partial charge is 0.115 e. The first-order valence-electron chi connectivity index (χ1n) is 6.77. The number of phenols is 1. The number of hydrogen-bond donors (Lipinski definition) is 2. The Labute approximate surface area is 113 Å². The van der Waals surface area contributed by atoms with E-state index in [4.69, 9.17) is 0 Å². The first-order chi connectivity index (χ1) is 9.33. The van der Waals surface area contributed by atoms with E-state index in [9.17, 15) is 5.11 Å². The van der Waals surface area contributed by atoms with Crippen LogP contribution >= 0.6 is 0 Å². The van der Waals surface area contributed by atoms with Crippen molar-refractivity contribution in [3.05, 3.63) is 59.4 Å². The summed E-state index contributed by atoms with van der Waals surface area (Å²) in [5, 5.41) is 13.1. The number of fused-ring (bicyclic) bond motifs is 1. The zero-order valence-electron chi connectivity index (χ0n) is 10.8. The van der Waals surface area contributed by atoms with Gasteiger partial charge in [0, 0.05) is 18.4 Å². The standard InChI is InChI=1S/C16H18N2O/c19-14-4-5-15-13(10-14)3-6-16(15)18-9-7-12-2-1-8-17-11-12/h1-2,4-5,8,10-11,16,18-19H,3,6-7,9H2. The van der Waals surface area contributed by atoms with E-state index in [1.54, 1.807) is 12.3 Å². The third kappa shape index (κ3) is 2.76. The molecule has 2 aromatic rings. The number of nitrogens with one attached hydrogen (secondary N) is 1. The van der Waals surface area contributed by atoms with Crippen molar-refractivity contribution in [3.63, 3.8) is 0 Å². The Balaban J connectivity index is 1.58. The van der Waals surface area contributed by atoms with Crippen LogP contribution in [-0.4, -0.2) is 16.6 Å². The van der Waals surface area contributed by atoms with Gasteiger partial charge in [0.15, 0.2) is 0 Å². The van der Waals surface area contributed by atoms with E-state index in [1.807, 2.05) is 24.4 Å². The fourth-order valence-corrected chi connectivity index (χ4v) is 2.75. The monoisotopic (exact) mass is 254 g/mol. The van der Waals surface area contributed by atoms with Crippen molar-refractivity contribution in [2.45, 2.75) is 25.3 Å². The number of aromatic nitrogens is 1. The maximum Gasteiger partial charge on any atom is 0.115 e. The summed E-state index contributed by atoms with van der Waals surface area (Å²) in [6, 6.07) is 10.2. The molecule has 0 amide bonds. The number of pyridine rings is 1. The van der Waals surface area contributed by atoms with Gasteiger partial charge in [0.25, 0.3) is 0 Å². The number of rotatable bonds is 4. The number of benzene rings is 1. The lowest BCUT2D eigenvalue weighted by molar-refractivity contribution is 0.474. The molecule has 98 valence electrons. The van der Waals surface area contributed by atoms with E-state index in [2.05, 4.69) is 16.4 Å². The SMILES string of the molecule is Oc1ccc2c(c1)CCC2NCCc1cccnc1. The molecule has 1 atom stereocenters. The molecule has 0 spiro atoms. The van der Waals surface area contributed by atoms with Crippen molar-refractivity contribution in [1.82, 2.24) is 10.3 Å². The molecule has 0 saturated carbocycles. The van der Waals surface area contributed by atoms with Crippen LogP contribution in [0.25, 0.3) is 0 Å². The Bertz CT molecular complexity index is 554. The minimum Gasteiger partial charge on any atom is -0.508 e. The second-order valence-corrected chi connectivity index (χ2v) is 5.04. The van der Waals surface area contributed by atoms with Gasteiger partial charge in [-0.15, -0.1) is 0 Å². The van der Waals surface area contributed by atoms with Gasteiger partial charge in [-0.2, -0.15) is 0 Å². The second kappa shape index (κ2) is 5.41. The Morgan fingerprint density at radius 3 is 3.11 bits per heavy atom. The molecule has 1 aromatic carbocycles. The molecule has 0 fully saturated rings. The highest BCUT2D eigenvalue weighted by Crippen LogP contribution is 2.33. The Kier molecular flexibility index (Phi) is 3.47. The molecule has 19 heavy (non-hydrogen) atoms. The molecule has 1 aliphatic rings. The zero-order chi connectivity index (χ0) is 13.1. The van der Waals surface area contributed by atoms with Crippen LogP contribution in [0.4, 0.5) is 0 Å². The normalized spacial score (nSPS) is 17.4. The fraction of sp³-hybridized carbons (Fsp3) is 0.312. The van der Waals surface area contributed by atoms with Crippen LogP contribution in [0.15, 0.2) is 42.7 Å². The summed E-state index contributed by atoms with van der Waals surface area (Å²) in [4.78, 5) is 4.13. The molecule has 0 saturated heterocycles. The number of aromatic hydroxyl groups is 1. The molecule has 1 aliphatic carbocycles. The summed E-state index contributed by atoms with van der Waals surface area (Å²) < 4.78 is 0. The third-order valence-corrected chi connectivity index (χ3v) is 3.73. The summed E-state index contributed by atoms with van der Waals surface area (Å²) in [6.07, 6.45) is 6.89. The summed E-state index contributed by atoms with van der Waals surface area (Å²) in [5.74, 6) is 0.370. The van der Waals surface area contributed by atoms with E-state index >= 15 is 0 Å². The number of phenolic OH excluding ortho intramolecular Hbond substituents is 1. The van der Waals surface area contributed by atoms with Crippen molar-refractivity contribution in [2.75, 3.05) is 6.54 Å². The average molecular weight is 254 g/mol. The minimum atomic E-state index is 0.370. The average Bonchev–Trinajstić information content (AvgIpc) is 2.82. The van der Waals surface area contributed by atoms with Crippen LogP contribution < -0.4 is 5.32 Å². The molecule has 0 aliphatic heterocycles. The Morgan fingerprint density at radius 2 is 2.26 bits per heavy atom. The van der Waals surface area contributed by atoms with Gasteiger partial charge in [-0.25, -0.2) is 0 Å². The molecule has 3 heteroatoms. The molecule has 2 N–H and O–H groups in total. The van der Waals surface area contributed by atoms with Crippen LogP contribution in [0.5, 0.6) is 5.75 Å². The van der Waals surface area contributed by atoms with Gasteiger partial charge in [-0.3, -0.25) is 4.98 Å². The van der Waals surface area contributed by atoms with E-state index < -0.39 is 0 Å². The lowest BCUT2D eigenvalue weighted by Gasteiger charge is -2.14. The minimum absolute atomic E-state index is 0.370. The third-order valence-electron chi connectivity index (χ3n) is 3.73. The van der Waals surface area contributed by atoms with Crippen molar-refractivity contribution >= 4 is 0 Å². The highest BCUT2D eigenvalue weighted by molar-refractivity contribution is 5.40. The highest BCUT2D eigenvalue weighted by Gasteiger charge is 2.21. The number of hydrogen-bond acceptors (Lipinski definition) is 3. The van der Waals surface area contributed by atoms with E-state index in [0.717, 1.165) is 25.8 Å². The maximum absolute atomic E-state index is 9.48. The second-order valence-electron chi connectivity index (χ2n) is 5.04. The van der Waals surface area contributed by atoms with E-state index in [0.29, 0.717) is 11.8 Å². The first kappa shape index (κ1) is 12.2. The van der Waals surface area contributed by atoms with Gasteiger partial charge in [-0.1, -0.05) is 12.1 Å². The quantitative estimate of drug-likeness (QED) is 0.881. The number of nitrogens with zero attached hydrogens (tertiary/aromatic N) is 1. The highest BCUT2D eigenvalue weighted by atomic mass is 16.3. The van der Waals surface area contributed by atoms with Crippen LogP contribution in [0, 0.1) is 0 Å². The van der Waals surface area contributed by atoms with Gasteiger partial charge in [0.05, 0.1) is 0 Å². The van der Waals surface area contributed by atoms with E-state index in [-0.39, 0.29) is 0 Å². The maximum atomic E-state index is 9.48. The van der Waals surface area contributed by atoms with Gasteiger partial charge in [-0.05, 0) is 60.7 Å². The zero-order valence-corrected chi connectivity index (χ0v) is 10.8. The summed E-state index contributed by atoms with van der Waals surface area (Å²) in [5.41, 5.74) is 3.88. The Hall–Kier alpha value is -1.87. The largest absolute Gasteiger partial charge is 0.508 e. The van der Waals surface area contributed by atoms with Crippen LogP contribution in [0.2, 0.25) is 0 Å². The summed E-state index contributed by atoms with van der Waals surface area (Å²) >= 11 is 0. The molecule has 0 radical (unpaired) electrons. The molecule has 0 bridgehead atoms. The fourth-order valence-electron chi connectivity index (χ4n) is 2.75. The first-order valence-corrected chi connectivity index (χ1v) is 6.77. The predicted molar refractivity (Wildman–Crippen MR) is 75.1 cm³/mol. The summed E-state index contributed by atoms with van der Waals surface area (Å²) in [6.45, 7) is 0.955. The van der Waals surface area contributed by atoms with Crippen molar-refractivity contribution < 1.29 is 5.11 Å². The van der Waals surface area contributed by atoms with Crippen LogP contribution in [0.3, 0.4) is 0 Å². The topological polar surface area (TPSA) is 45.1 Å². The van der Waals surface area contributed by atoms with Gasteiger partial charge in [0.1, 0.15) is 5.75 Å². The molecule has 1 unspecified atom stereocenters.